The molecular weight excluding hydrogens is 216 g/mol. The first-order chi connectivity index (χ1) is 7.57. The summed E-state index contributed by atoms with van der Waals surface area (Å²) in [5.74, 6) is 0. The highest BCUT2D eigenvalue weighted by molar-refractivity contribution is 7.11. The van der Waals surface area contributed by atoms with E-state index in [2.05, 4.69) is 27.7 Å². The zero-order chi connectivity index (χ0) is 12.2. The number of aromatic nitrogens is 1. The van der Waals surface area contributed by atoms with Crippen molar-refractivity contribution in [3.8, 4) is 0 Å². The van der Waals surface area contributed by atoms with Crippen molar-refractivity contribution in [2.75, 3.05) is 0 Å². The Labute approximate surface area is 103 Å². The molecule has 0 aliphatic carbocycles. The van der Waals surface area contributed by atoms with Crippen LogP contribution in [-0.2, 0) is 12.0 Å². The predicted octanol–water partition coefficient (Wildman–Crippen LogP) is 3.77. The minimum absolute atomic E-state index is 0.196. The average Bonchev–Trinajstić information content (AvgIpc) is 2.68. The molecule has 1 heterocycles. The summed E-state index contributed by atoms with van der Waals surface area (Å²) >= 11 is 1.78. The smallest absolute Gasteiger partial charge is 0.113 e. The number of hydrogen-bond acceptors (Lipinski definition) is 3. The third-order valence-electron chi connectivity index (χ3n) is 3.26. The van der Waals surface area contributed by atoms with E-state index in [-0.39, 0.29) is 5.54 Å². The molecule has 0 bridgehead atoms. The fraction of sp³-hybridized carbons (Fsp3) is 0.769. The summed E-state index contributed by atoms with van der Waals surface area (Å²) in [7, 11) is 0. The maximum Gasteiger partial charge on any atom is 0.113 e. The van der Waals surface area contributed by atoms with Gasteiger partial charge in [-0.05, 0) is 26.2 Å². The zero-order valence-corrected chi connectivity index (χ0v) is 11.8. The lowest BCUT2D eigenvalue weighted by molar-refractivity contribution is 0.378. The highest BCUT2D eigenvalue weighted by atomic mass is 32.1. The third kappa shape index (κ3) is 2.83. The van der Waals surface area contributed by atoms with Crippen LogP contribution in [-0.4, -0.2) is 4.98 Å². The number of rotatable bonds is 6. The van der Waals surface area contributed by atoms with Crippen molar-refractivity contribution in [1.82, 2.24) is 4.98 Å². The summed E-state index contributed by atoms with van der Waals surface area (Å²) in [6, 6.07) is 0. The monoisotopic (exact) mass is 240 g/mol. The van der Waals surface area contributed by atoms with E-state index < -0.39 is 0 Å². The molecule has 0 fully saturated rings. The molecule has 2 N–H and O–H groups in total. The van der Waals surface area contributed by atoms with Gasteiger partial charge >= 0.3 is 0 Å². The highest BCUT2D eigenvalue weighted by Crippen LogP contribution is 2.32. The second kappa shape index (κ2) is 5.78. The van der Waals surface area contributed by atoms with Crippen LogP contribution in [0, 0.1) is 6.92 Å². The second-order valence-electron chi connectivity index (χ2n) is 4.49. The molecule has 0 aromatic carbocycles. The molecule has 2 nitrogen and oxygen atoms in total. The molecule has 1 aromatic heterocycles. The van der Waals surface area contributed by atoms with Crippen LogP contribution in [0.25, 0.3) is 0 Å². The molecule has 92 valence electrons. The van der Waals surface area contributed by atoms with Gasteiger partial charge in [0.05, 0.1) is 11.2 Å². The van der Waals surface area contributed by atoms with E-state index in [0.717, 1.165) is 24.3 Å². The Bertz CT molecular complexity index is 333. The first-order valence-electron chi connectivity index (χ1n) is 6.33. The van der Waals surface area contributed by atoms with Crippen LogP contribution in [0.5, 0.6) is 0 Å². The summed E-state index contributed by atoms with van der Waals surface area (Å²) in [4.78, 5) is 6.05. The van der Waals surface area contributed by atoms with Gasteiger partial charge < -0.3 is 5.73 Å². The lowest BCUT2D eigenvalue weighted by Gasteiger charge is -2.25. The summed E-state index contributed by atoms with van der Waals surface area (Å²) in [5, 5.41) is 1.14. The van der Waals surface area contributed by atoms with Crippen molar-refractivity contribution in [3.05, 3.63) is 15.6 Å². The Morgan fingerprint density at radius 1 is 1.31 bits per heavy atom. The lowest BCUT2D eigenvalue weighted by Crippen LogP contribution is -2.35. The van der Waals surface area contributed by atoms with Gasteiger partial charge in [0.2, 0.25) is 0 Å². The Hall–Kier alpha value is -0.410. The Morgan fingerprint density at radius 3 is 2.44 bits per heavy atom. The molecule has 1 atom stereocenters. The van der Waals surface area contributed by atoms with E-state index in [4.69, 9.17) is 10.7 Å². The summed E-state index contributed by atoms with van der Waals surface area (Å²) in [6.45, 7) is 8.68. The standard InChI is InChI=1S/C13H24N2S/c1-5-8-9-13(14,7-3)12-15-11(6-2)10(4)16-12/h5-9,14H2,1-4H3. The first-order valence-corrected chi connectivity index (χ1v) is 7.14. The van der Waals surface area contributed by atoms with Crippen molar-refractivity contribution in [1.29, 1.82) is 0 Å². The van der Waals surface area contributed by atoms with Crippen LogP contribution in [0.3, 0.4) is 0 Å². The molecule has 0 saturated carbocycles. The molecular formula is C13H24N2S. The molecule has 1 rings (SSSR count). The van der Waals surface area contributed by atoms with Gasteiger partial charge in [-0.1, -0.05) is 33.6 Å². The molecule has 0 spiro atoms. The fourth-order valence-corrected chi connectivity index (χ4v) is 3.10. The van der Waals surface area contributed by atoms with Crippen molar-refractivity contribution >= 4 is 11.3 Å². The largest absolute Gasteiger partial charge is 0.319 e. The minimum atomic E-state index is -0.196. The molecule has 0 amide bonds. The van der Waals surface area contributed by atoms with Crippen LogP contribution < -0.4 is 5.73 Å². The van der Waals surface area contributed by atoms with Gasteiger partial charge in [0, 0.05) is 4.88 Å². The molecule has 1 aromatic rings. The number of nitrogens with two attached hydrogens (primary N) is 1. The van der Waals surface area contributed by atoms with E-state index in [9.17, 15) is 0 Å². The summed E-state index contributed by atoms with van der Waals surface area (Å²) in [5.41, 5.74) is 7.52. The van der Waals surface area contributed by atoms with Gasteiger partial charge in [0.25, 0.3) is 0 Å². The highest BCUT2D eigenvalue weighted by Gasteiger charge is 2.28. The Morgan fingerprint density at radius 2 is 2.00 bits per heavy atom. The Kier molecular flexibility index (Phi) is 4.93. The van der Waals surface area contributed by atoms with Crippen LogP contribution in [0.1, 0.15) is 62.0 Å². The molecule has 1 unspecified atom stereocenters. The first kappa shape index (κ1) is 13.7. The predicted molar refractivity (Wildman–Crippen MR) is 71.9 cm³/mol. The molecule has 0 aliphatic rings. The maximum atomic E-state index is 6.49. The van der Waals surface area contributed by atoms with E-state index in [0.29, 0.717) is 0 Å². The van der Waals surface area contributed by atoms with Gasteiger partial charge in [-0.15, -0.1) is 11.3 Å². The lowest BCUT2D eigenvalue weighted by atomic mass is 9.92. The quantitative estimate of drug-likeness (QED) is 0.822. The van der Waals surface area contributed by atoms with E-state index in [1.807, 2.05) is 0 Å². The van der Waals surface area contributed by atoms with Gasteiger partial charge in [0.15, 0.2) is 0 Å². The Balaban J connectivity index is 2.93. The van der Waals surface area contributed by atoms with E-state index >= 15 is 0 Å². The van der Waals surface area contributed by atoms with Crippen molar-refractivity contribution in [2.45, 2.75) is 65.3 Å². The van der Waals surface area contributed by atoms with Crippen LogP contribution in [0.2, 0.25) is 0 Å². The van der Waals surface area contributed by atoms with Crippen molar-refractivity contribution in [2.24, 2.45) is 5.73 Å². The molecule has 16 heavy (non-hydrogen) atoms. The van der Waals surface area contributed by atoms with Crippen molar-refractivity contribution < 1.29 is 0 Å². The molecule has 0 radical (unpaired) electrons. The van der Waals surface area contributed by atoms with Crippen LogP contribution in [0.4, 0.5) is 0 Å². The third-order valence-corrected chi connectivity index (χ3v) is 4.49. The van der Waals surface area contributed by atoms with E-state index in [1.165, 1.54) is 23.4 Å². The van der Waals surface area contributed by atoms with E-state index in [1.54, 1.807) is 11.3 Å². The minimum Gasteiger partial charge on any atom is -0.319 e. The van der Waals surface area contributed by atoms with Crippen LogP contribution in [0.15, 0.2) is 0 Å². The van der Waals surface area contributed by atoms with Gasteiger partial charge in [-0.2, -0.15) is 0 Å². The van der Waals surface area contributed by atoms with Crippen LogP contribution >= 0.6 is 11.3 Å². The number of hydrogen-bond donors (Lipinski definition) is 1. The van der Waals surface area contributed by atoms with Crippen molar-refractivity contribution in [3.63, 3.8) is 0 Å². The SMILES string of the molecule is CCCCC(N)(CC)c1nc(CC)c(C)s1. The molecule has 0 saturated heterocycles. The van der Waals surface area contributed by atoms with Gasteiger partial charge in [-0.3, -0.25) is 0 Å². The summed E-state index contributed by atoms with van der Waals surface area (Å²) < 4.78 is 0. The number of thiazole rings is 1. The number of unbranched alkanes of at least 4 members (excludes halogenated alkanes) is 1. The average molecular weight is 240 g/mol. The summed E-state index contributed by atoms with van der Waals surface area (Å²) in [6.07, 6.45) is 5.42. The maximum absolute atomic E-state index is 6.49. The number of aryl methyl sites for hydroxylation is 2. The second-order valence-corrected chi connectivity index (χ2v) is 5.69. The van der Waals surface area contributed by atoms with Gasteiger partial charge in [-0.25, -0.2) is 4.98 Å². The fourth-order valence-electron chi connectivity index (χ4n) is 1.90. The number of nitrogens with zero attached hydrogens (tertiary/aromatic N) is 1. The zero-order valence-electron chi connectivity index (χ0n) is 11.0. The topological polar surface area (TPSA) is 38.9 Å². The van der Waals surface area contributed by atoms with Gasteiger partial charge in [0.1, 0.15) is 5.01 Å². The molecule has 0 aliphatic heterocycles. The normalized spacial score (nSPS) is 15.1. The molecule has 3 heteroatoms.